The minimum Gasteiger partial charge on any atom is -0.451 e. The van der Waals surface area contributed by atoms with Gasteiger partial charge in [-0.25, -0.2) is 4.79 Å². The van der Waals surface area contributed by atoms with Crippen LogP contribution in [-0.2, 0) is 9.53 Å². The monoisotopic (exact) mass is 199 g/mol. The summed E-state index contributed by atoms with van der Waals surface area (Å²) < 4.78 is 4.60. The largest absolute Gasteiger partial charge is 0.451 e. The highest BCUT2D eigenvalue weighted by atomic mass is 32.1. The van der Waals surface area contributed by atoms with Gasteiger partial charge in [-0.2, -0.15) is 0 Å². The van der Waals surface area contributed by atoms with E-state index in [9.17, 15) is 9.59 Å². The first-order valence-electron chi connectivity index (χ1n) is 3.61. The lowest BCUT2D eigenvalue weighted by Gasteiger charge is -1.98. The van der Waals surface area contributed by atoms with Gasteiger partial charge in [0.25, 0.3) is 5.91 Å². The molecule has 4 nitrogen and oxygen atoms in total. The number of carbonyl (C=O) groups is 2. The molecule has 5 heteroatoms. The zero-order valence-corrected chi connectivity index (χ0v) is 7.89. The fourth-order valence-corrected chi connectivity index (χ4v) is 1.51. The molecule has 0 aliphatic heterocycles. The molecule has 13 heavy (non-hydrogen) atoms. The van der Waals surface area contributed by atoms with E-state index >= 15 is 0 Å². The fraction of sp³-hybridized carbons (Fsp3) is 0.250. The van der Waals surface area contributed by atoms with Gasteiger partial charge in [0, 0.05) is 4.88 Å². The number of hydrogen-bond donors (Lipinski definition) is 1. The Morgan fingerprint density at radius 1 is 1.54 bits per heavy atom. The van der Waals surface area contributed by atoms with Crippen LogP contribution in [0.15, 0.2) is 12.1 Å². The molecule has 0 bridgehead atoms. The molecule has 70 valence electrons. The van der Waals surface area contributed by atoms with Gasteiger partial charge in [-0.05, 0) is 19.1 Å². The average Bonchev–Trinajstić information content (AvgIpc) is 2.47. The van der Waals surface area contributed by atoms with Crippen molar-refractivity contribution in [2.24, 2.45) is 5.73 Å². The van der Waals surface area contributed by atoms with E-state index in [1.165, 1.54) is 11.3 Å². The number of rotatable bonds is 3. The van der Waals surface area contributed by atoms with Gasteiger partial charge in [0.1, 0.15) is 4.88 Å². The number of nitrogens with two attached hydrogens (primary N) is 1. The van der Waals surface area contributed by atoms with E-state index in [4.69, 9.17) is 5.73 Å². The number of carbonyl (C=O) groups excluding carboxylic acids is 2. The normalized spacial score (nSPS) is 9.62. The van der Waals surface area contributed by atoms with Crippen LogP contribution < -0.4 is 5.73 Å². The molecule has 1 aromatic heterocycles. The van der Waals surface area contributed by atoms with Gasteiger partial charge in [0.2, 0.25) is 0 Å². The summed E-state index contributed by atoms with van der Waals surface area (Å²) in [6.45, 7) is 1.52. The van der Waals surface area contributed by atoms with Crippen molar-refractivity contribution >= 4 is 23.2 Å². The Kier molecular flexibility index (Phi) is 3.02. The summed E-state index contributed by atoms with van der Waals surface area (Å²) in [4.78, 5) is 22.9. The number of thiophene rings is 1. The summed E-state index contributed by atoms with van der Waals surface area (Å²) in [5.74, 6) is -1.15. The predicted octanol–water partition coefficient (Wildman–Crippen LogP) is 0.699. The fourth-order valence-electron chi connectivity index (χ4n) is 0.752. The number of esters is 1. The van der Waals surface area contributed by atoms with Gasteiger partial charge in [0.05, 0.1) is 0 Å². The van der Waals surface area contributed by atoms with Crippen LogP contribution in [0.3, 0.4) is 0 Å². The molecule has 1 aromatic rings. The van der Waals surface area contributed by atoms with E-state index in [2.05, 4.69) is 4.74 Å². The predicted molar refractivity (Wildman–Crippen MR) is 48.5 cm³/mol. The van der Waals surface area contributed by atoms with Crippen molar-refractivity contribution in [3.8, 4) is 0 Å². The van der Waals surface area contributed by atoms with Gasteiger partial charge < -0.3 is 10.5 Å². The number of aryl methyl sites for hydroxylation is 1. The van der Waals surface area contributed by atoms with Crippen molar-refractivity contribution in [3.63, 3.8) is 0 Å². The molecule has 0 aliphatic rings. The van der Waals surface area contributed by atoms with Gasteiger partial charge in [-0.3, -0.25) is 4.79 Å². The maximum absolute atomic E-state index is 11.1. The van der Waals surface area contributed by atoms with Crippen molar-refractivity contribution in [2.75, 3.05) is 6.61 Å². The van der Waals surface area contributed by atoms with E-state index in [0.717, 1.165) is 4.88 Å². The van der Waals surface area contributed by atoms with Crippen LogP contribution in [0, 0.1) is 6.92 Å². The second-order valence-electron chi connectivity index (χ2n) is 2.45. The average molecular weight is 199 g/mol. The van der Waals surface area contributed by atoms with Gasteiger partial charge in [0.15, 0.2) is 6.61 Å². The Labute approximate surface area is 79.3 Å². The van der Waals surface area contributed by atoms with E-state index in [1.807, 2.05) is 13.0 Å². The molecule has 1 amide bonds. The Morgan fingerprint density at radius 2 is 2.23 bits per heavy atom. The number of ether oxygens (including phenoxy) is 1. The van der Waals surface area contributed by atoms with Gasteiger partial charge in [-0.1, -0.05) is 0 Å². The summed E-state index contributed by atoms with van der Waals surface area (Å²) in [6.07, 6.45) is 0. The SMILES string of the molecule is Cc1ccc(C(=O)OCC(N)=O)s1. The van der Waals surface area contributed by atoms with Crippen molar-refractivity contribution in [3.05, 3.63) is 21.9 Å². The molecule has 0 fully saturated rings. The van der Waals surface area contributed by atoms with Crippen molar-refractivity contribution in [1.82, 2.24) is 0 Å². The molecule has 0 saturated heterocycles. The van der Waals surface area contributed by atoms with Crippen molar-refractivity contribution in [2.45, 2.75) is 6.92 Å². The molecular formula is C8H9NO3S. The van der Waals surface area contributed by atoms with E-state index < -0.39 is 11.9 Å². The van der Waals surface area contributed by atoms with Crippen molar-refractivity contribution in [1.29, 1.82) is 0 Å². The standard InChI is InChI=1S/C8H9NO3S/c1-5-2-3-6(13-5)8(11)12-4-7(9)10/h2-3H,4H2,1H3,(H2,9,10). The maximum atomic E-state index is 11.1. The molecule has 0 aliphatic carbocycles. The molecule has 0 saturated carbocycles. The zero-order chi connectivity index (χ0) is 9.84. The molecule has 0 spiro atoms. The lowest BCUT2D eigenvalue weighted by atomic mass is 10.4. The molecule has 0 radical (unpaired) electrons. The van der Waals surface area contributed by atoms with Crippen LogP contribution in [0.4, 0.5) is 0 Å². The van der Waals surface area contributed by atoms with Gasteiger partial charge in [-0.15, -0.1) is 11.3 Å². The smallest absolute Gasteiger partial charge is 0.348 e. The Morgan fingerprint density at radius 3 is 2.69 bits per heavy atom. The van der Waals surface area contributed by atoms with Crippen LogP contribution in [0.1, 0.15) is 14.5 Å². The Bertz CT molecular complexity index is 332. The topological polar surface area (TPSA) is 69.4 Å². The minimum absolute atomic E-state index is 0.365. The summed E-state index contributed by atoms with van der Waals surface area (Å²) >= 11 is 1.32. The highest BCUT2D eigenvalue weighted by Gasteiger charge is 2.09. The van der Waals surface area contributed by atoms with Crippen LogP contribution in [0.25, 0.3) is 0 Å². The lowest BCUT2D eigenvalue weighted by Crippen LogP contribution is -2.20. The van der Waals surface area contributed by atoms with E-state index in [0.29, 0.717) is 4.88 Å². The molecular weight excluding hydrogens is 190 g/mol. The van der Waals surface area contributed by atoms with Gasteiger partial charge >= 0.3 is 5.97 Å². The molecule has 1 rings (SSSR count). The van der Waals surface area contributed by atoms with E-state index in [-0.39, 0.29) is 6.61 Å². The molecule has 2 N–H and O–H groups in total. The molecule has 0 atom stereocenters. The molecule has 1 heterocycles. The van der Waals surface area contributed by atoms with E-state index in [1.54, 1.807) is 6.07 Å². The minimum atomic E-state index is -0.651. The first-order chi connectivity index (χ1) is 6.09. The Balaban J connectivity index is 2.54. The first-order valence-corrected chi connectivity index (χ1v) is 4.43. The number of hydrogen-bond acceptors (Lipinski definition) is 4. The summed E-state index contributed by atoms with van der Waals surface area (Å²) in [5.41, 5.74) is 4.81. The highest BCUT2D eigenvalue weighted by molar-refractivity contribution is 7.13. The lowest BCUT2D eigenvalue weighted by molar-refractivity contribution is -0.121. The first kappa shape index (κ1) is 9.73. The van der Waals surface area contributed by atoms with Crippen LogP contribution >= 0.6 is 11.3 Å². The second-order valence-corrected chi connectivity index (χ2v) is 3.74. The Hall–Kier alpha value is -1.36. The molecule has 0 unspecified atom stereocenters. The summed E-state index contributed by atoms with van der Waals surface area (Å²) in [6, 6.07) is 3.47. The third-order valence-corrected chi connectivity index (χ3v) is 2.27. The quantitative estimate of drug-likeness (QED) is 0.728. The van der Waals surface area contributed by atoms with Crippen LogP contribution in [0.2, 0.25) is 0 Å². The second kappa shape index (κ2) is 4.04. The highest BCUT2D eigenvalue weighted by Crippen LogP contribution is 2.15. The molecule has 0 aromatic carbocycles. The third kappa shape index (κ3) is 2.87. The summed E-state index contributed by atoms with van der Waals surface area (Å²) in [5, 5.41) is 0. The summed E-state index contributed by atoms with van der Waals surface area (Å²) in [7, 11) is 0. The number of primary amides is 1. The zero-order valence-electron chi connectivity index (χ0n) is 7.07. The van der Waals surface area contributed by atoms with Crippen molar-refractivity contribution < 1.29 is 14.3 Å². The maximum Gasteiger partial charge on any atom is 0.348 e. The number of amides is 1. The van der Waals surface area contributed by atoms with Crippen LogP contribution in [-0.4, -0.2) is 18.5 Å². The van der Waals surface area contributed by atoms with Crippen LogP contribution in [0.5, 0.6) is 0 Å². The third-order valence-electron chi connectivity index (χ3n) is 1.29.